The average Bonchev–Trinajstić information content (AvgIpc) is 2.88. The number of rotatable bonds is 4. The van der Waals surface area contributed by atoms with Gasteiger partial charge in [-0.15, -0.1) is 23.7 Å². The Morgan fingerprint density at radius 2 is 2.14 bits per heavy atom. The normalized spacial score (nSPS) is 13.4. The Bertz CT molecular complexity index is 1040. The molecule has 3 heterocycles. The lowest BCUT2D eigenvalue weighted by Crippen LogP contribution is -2.23. The molecule has 1 aliphatic heterocycles. The van der Waals surface area contributed by atoms with Crippen molar-refractivity contribution in [3.8, 4) is 0 Å². The zero-order valence-corrected chi connectivity index (χ0v) is 18.4. The van der Waals surface area contributed by atoms with Gasteiger partial charge < -0.3 is 10.2 Å². The minimum atomic E-state index is 0. The number of halogens is 1. The van der Waals surface area contributed by atoms with Crippen molar-refractivity contribution in [2.24, 2.45) is 0 Å². The number of thiophene rings is 1. The Morgan fingerprint density at radius 3 is 2.97 bits per heavy atom. The van der Waals surface area contributed by atoms with E-state index < -0.39 is 0 Å². The van der Waals surface area contributed by atoms with E-state index in [0.717, 1.165) is 24.3 Å². The highest BCUT2D eigenvalue weighted by Gasteiger charge is 2.13. The van der Waals surface area contributed by atoms with Crippen LogP contribution in [0.1, 0.15) is 34.4 Å². The lowest BCUT2D eigenvalue weighted by Gasteiger charge is -2.14. The molecule has 6 heteroatoms. The first-order chi connectivity index (χ1) is 13.6. The van der Waals surface area contributed by atoms with Crippen molar-refractivity contribution >= 4 is 51.6 Å². The topological polar surface area (TPSA) is 45.2 Å². The summed E-state index contributed by atoms with van der Waals surface area (Å²) in [4.78, 5) is 20.1. The summed E-state index contributed by atoms with van der Waals surface area (Å²) in [5.74, 6) is 0.989. The molecule has 2 aromatic heterocycles. The Labute approximate surface area is 182 Å². The minimum Gasteiger partial charge on any atom is -0.370 e. The first-order valence-electron chi connectivity index (χ1n) is 9.75. The van der Waals surface area contributed by atoms with Crippen LogP contribution in [0.4, 0.5) is 5.82 Å². The van der Waals surface area contributed by atoms with E-state index in [0.29, 0.717) is 6.54 Å². The van der Waals surface area contributed by atoms with Crippen molar-refractivity contribution in [3.63, 3.8) is 0 Å². The number of hydrogen-bond donors (Lipinski definition) is 1. The van der Waals surface area contributed by atoms with Crippen molar-refractivity contribution in [1.82, 2.24) is 9.88 Å². The van der Waals surface area contributed by atoms with Gasteiger partial charge in [0.15, 0.2) is 0 Å². The molecular weight excluding hydrogens is 402 g/mol. The Hall–Kier alpha value is -2.37. The number of fused-ring (bicyclic) bond motifs is 2. The summed E-state index contributed by atoms with van der Waals surface area (Å²) in [6, 6.07) is 10.5. The third-order valence-corrected chi connectivity index (χ3v) is 6.53. The molecule has 0 unspecified atom stereocenters. The summed E-state index contributed by atoms with van der Waals surface area (Å²) in [6.45, 7) is 3.74. The summed E-state index contributed by atoms with van der Waals surface area (Å²) < 4.78 is 1.27. The lowest BCUT2D eigenvalue weighted by molar-refractivity contribution is -0.125. The fourth-order valence-corrected chi connectivity index (χ4v) is 4.85. The van der Waals surface area contributed by atoms with E-state index in [1.165, 1.54) is 38.9 Å². The molecule has 0 radical (unpaired) electrons. The number of likely N-dealkylation sites (N-methyl/N-ethyl adjacent to an activating group) is 1. The number of nitrogens with one attached hydrogen (secondary N) is 1. The van der Waals surface area contributed by atoms with Crippen LogP contribution in [0.15, 0.2) is 42.6 Å². The van der Waals surface area contributed by atoms with Crippen molar-refractivity contribution in [1.29, 1.82) is 0 Å². The fourth-order valence-electron chi connectivity index (χ4n) is 3.58. The number of carbonyl (C=O) groups excluding carboxylic acids is 1. The second kappa shape index (κ2) is 9.42. The highest BCUT2D eigenvalue weighted by Crippen LogP contribution is 2.31. The van der Waals surface area contributed by atoms with Gasteiger partial charge in [-0.1, -0.05) is 18.2 Å². The zero-order valence-electron chi connectivity index (χ0n) is 16.8. The van der Waals surface area contributed by atoms with Gasteiger partial charge in [0.1, 0.15) is 5.82 Å². The molecule has 152 valence electrons. The number of hydrogen-bond acceptors (Lipinski definition) is 4. The second-order valence-corrected chi connectivity index (χ2v) is 8.47. The van der Waals surface area contributed by atoms with Gasteiger partial charge in [0.2, 0.25) is 5.91 Å². The Kier molecular flexibility index (Phi) is 6.93. The molecular formula is C23H26ClN3OS. The summed E-state index contributed by atoms with van der Waals surface area (Å²) in [5.41, 5.74) is 3.48. The van der Waals surface area contributed by atoms with E-state index in [2.05, 4.69) is 47.6 Å². The quantitative estimate of drug-likeness (QED) is 0.563. The van der Waals surface area contributed by atoms with Crippen LogP contribution in [0.5, 0.6) is 0 Å². The number of aromatic nitrogens is 1. The van der Waals surface area contributed by atoms with Crippen LogP contribution in [0.25, 0.3) is 16.2 Å². The number of amides is 1. The van der Waals surface area contributed by atoms with Crippen molar-refractivity contribution < 1.29 is 4.79 Å². The predicted molar refractivity (Wildman–Crippen MR) is 125 cm³/mol. The molecule has 0 bridgehead atoms. The molecule has 0 saturated carbocycles. The van der Waals surface area contributed by atoms with E-state index in [9.17, 15) is 4.79 Å². The highest BCUT2D eigenvalue weighted by atomic mass is 35.5. The molecule has 1 N–H and O–H groups in total. The van der Waals surface area contributed by atoms with Crippen molar-refractivity contribution in [2.45, 2.75) is 32.7 Å². The van der Waals surface area contributed by atoms with Crippen LogP contribution >= 0.6 is 23.7 Å². The molecule has 1 aromatic carbocycles. The van der Waals surface area contributed by atoms with E-state index in [1.54, 1.807) is 22.3 Å². The Balaban J connectivity index is 0.00000240. The third-order valence-electron chi connectivity index (χ3n) is 5.27. The SMILES string of the molecule is Cc1c(CN(C)C(=O)/C=C/c2cnc3c(c2)CCCCN3)sc2ccccc12.Cl. The summed E-state index contributed by atoms with van der Waals surface area (Å²) >= 11 is 1.77. The van der Waals surface area contributed by atoms with Gasteiger partial charge in [-0.05, 0) is 66.5 Å². The minimum absolute atomic E-state index is 0. The summed E-state index contributed by atoms with van der Waals surface area (Å²) in [7, 11) is 1.86. The maximum absolute atomic E-state index is 12.6. The monoisotopic (exact) mass is 427 g/mol. The molecule has 0 aliphatic carbocycles. The maximum Gasteiger partial charge on any atom is 0.246 e. The summed E-state index contributed by atoms with van der Waals surface area (Å²) in [5, 5.41) is 4.65. The van der Waals surface area contributed by atoms with E-state index in [4.69, 9.17) is 0 Å². The highest BCUT2D eigenvalue weighted by molar-refractivity contribution is 7.19. The zero-order chi connectivity index (χ0) is 19.5. The molecule has 1 aliphatic rings. The smallest absolute Gasteiger partial charge is 0.246 e. The maximum atomic E-state index is 12.6. The van der Waals surface area contributed by atoms with Crippen LogP contribution in [-0.2, 0) is 17.8 Å². The molecule has 29 heavy (non-hydrogen) atoms. The molecule has 0 saturated heterocycles. The standard InChI is InChI=1S/C23H25N3OS.ClH/c1-16-19-8-3-4-9-20(19)28-21(16)15-26(2)22(27)11-10-17-13-18-7-5-6-12-24-23(18)25-14-17;/h3-4,8-11,13-14H,5-7,12,15H2,1-2H3,(H,24,25);1H/b11-10+;. The van der Waals surface area contributed by atoms with Gasteiger partial charge >= 0.3 is 0 Å². The van der Waals surface area contributed by atoms with Crippen molar-refractivity contribution in [2.75, 3.05) is 18.9 Å². The lowest BCUT2D eigenvalue weighted by atomic mass is 10.1. The molecule has 0 spiro atoms. The molecule has 0 atom stereocenters. The van der Waals surface area contributed by atoms with Crippen LogP contribution < -0.4 is 5.32 Å². The third kappa shape index (κ3) is 4.80. The first-order valence-corrected chi connectivity index (χ1v) is 10.6. The second-order valence-electron chi connectivity index (χ2n) is 7.33. The van der Waals surface area contributed by atoms with Crippen LogP contribution in [0.2, 0.25) is 0 Å². The first kappa shape index (κ1) is 21.3. The van der Waals surface area contributed by atoms with Gasteiger partial charge in [-0.2, -0.15) is 0 Å². The van der Waals surface area contributed by atoms with Crippen LogP contribution in [-0.4, -0.2) is 29.4 Å². The summed E-state index contributed by atoms with van der Waals surface area (Å²) in [6.07, 6.45) is 8.73. The van der Waals surface area contributed by atoms with E-state index in [-0.39, 0.29) is 18.3 Å². The number of aryl methyl sites for hydroxylation is 2. The number of carbonyl (C=O) groups is 1. The molecule has 1 amide bonds. The van der Waals surface area contributed by atoms with Crippen LogP contribution in [0, 0.1) is 6.92 Å². The van der Waals surface area contributed by atoms with Gasteiger partial charge in [0.05, 0.1) is 6.54 Å². The van der Waals surface area contributed by atoms with Crippen molar-refractivity contribution in [3.05, 3.63) is 64.2 Å². The largest absolute Gasteiger partial charge is 0.370 e. The average molecular weight is 428 g/mol. The molecule has 3 aromatic rings. The Morgan fingerprint density at radius 1 is 1.31 bits per heavy atom. The number of nitrogens with zero attached hydrogens (tertiary/aromatic N) is 2. The van der Waals surface area contributed by atoms with E-state index in [1.807, 2.05) is 19.3 Å². The van der Waals surface area contributed by atoms with Gasteiger partial charge in [0.25, 0.3) is 0 Å². The molecule has 4 rings (SSSR count). The van der Waals surface area contributed by atoms with Gasteiger partial charge in [-0.25, -0.2) is 4.98 Å². The number of anilines is 1. The van der Waals surface area contributed by atoms with Gasteiger partial charge in [-0.3, -0.25) is 4.79 Å². The number of pyridine rings is 1. The van der Waals surface area contributed by atoms with E-state index >= 15 is 0 Å². The molecule has 4 nitrogen and oxygen atoms in total. The van der Waals surface area contributed by atoms with Gasteiger partial charge in [0, 0.05) is 35.4 Å². The predicted octanol–water partition coefficient (Wildman–Crippen LogP) is 5.45. The molecule has 0 fully saturated rings. The fraction of sp³-hybridized carbons (Fsp3) is 0.304. The number of benzene rings is 1. The van der Waals surface area contributed by atoms with Crippen LogP contribution in [0.3, 0.4) is 0 Å².